The molecule has 2 aliphatic carbocycles. The maximum absolute atomic E-state index is 2.38. The predicted molar refractivity (Wildman–Crippen MR) is 85.0 cm³/mol. The Bertz CT molecular complexity index is 625. The summed E-state index contributed by atoms with van der Waals surface area (Å²) in [6.45, 7) is 2.31. The maximum Gasteiger partial charge on any atom is -0.0118 e. The zero-order chi connectivity index (χ0) is 13.5. The van der Waals surface area contributed by atoms with Crippen molar-refractivity contribution in [1.29, 1.82) is 0 Å². The maximum atomic E-state index is 2.38. The molecule has 0 amide bonds. The molecule has 2 aromatic carbocycles. The van der Waals surface area contributed by atoms with E-state index in [4.69, 9.17) is 0 Å². The molecule has 0 aliphatic heterocycles. The molecule has 4 rings (SSSR count). The van der Waals surface area contributed by atoms with Crippen molar-refractivity contribution in [2.24, 2.45) is 5.92 Å². The Balaban J connectivity index is 1.86. The van der Waals surface area contributed by atoms with Gasteiger partial charge in [0.2, 0.25) is 0 Å². The highest BCUT2D eigenvalue weighted by atomic mass is 14.5. The minimum Gasteiger partial charge on any atom is -0.0654 e. The molecule has 0 heteroatoms. The molecule has 20 heavy (non-hydrogen) atoms. The average Bonchev–Trinajstić information content (AvgIpc) is 3.28. The molecule has 0 saturated heterocycles. The second-order valence-electron chi connectivity index (χ2n) is 6.43. The van der Waals surface area contributed by atoms with Crippen LogP contribution in [-0.4, -0.2) is 0 Å². The van der Waals surface area contributed by atoms with Crippen molar-refractivity contribution >= 4 is 0 Å². The SMILES string of the molecule is CCCCC1c2ccccc2-c2ccccc2C2CC12. The normalized spacial score (nSPS) is 26.1. The summed E-state index contributed by atoms with van der Waals surface area (Å²) in [6, 6.07) is 18.2. The van der Waals surface area contributed by atoms with Gasteiger partial charge in [-0.25, -0.2) is 0 Å². The Hall–Kier alpha value is -1.56. The van der Waals surface area contributed by atoms with Crippen molar-refractivity contribution < 1.29 is 0 Å². The third-order valence-corrected chi connectivity index (χ3v) is 5.24. The summed E-state index contributed by atoms with van der Waals surface area (Å²) in [5.74, 6) is 2.50. The number of hydrogen-bond acceptors (Lipinski definition) is 0. The number of unbranched alkanes of at least 4 members (excludes halogenated alkanes) is 1. The first-order valence-corrected chi connectivity index (χ1v) is 8.08. The van der Waals surface area contributed by atoms with Gasteiger partial charge < -0.3 is 0 Å². The van der Waals surface area contributed by atoms with E-state index < -0.39 is 0 Å². The number of hydrogen-bond donors (Lipinski definition) is 0. The smallest absolute Gasteiger partial charge is 0.0118 e. The van der Waals surface area contributed by atoms with E-state index in [-0.39, 0.29) is 0 Å². The van der Waals surface area contributed by atoms with Crippen LogP contribution in [0.25, 0.3) is 11.1 Å². The molecule has 1 saturated carbocycles. The lowest BCUT2D eigenvalue weighted by molar-refractivity contribution is 0.524. The van der Waals surface area contributed by atoms with E-state index in [2.05, 4.69) is 55.5 Å². The summed E-state index contributed by atoms with van der Waals surface area (Å²) >= 11 is 0. The molecule has 0 bridgehead atoms. The molecule has 3 unspecified atom stereocenters. The minimum atomic E-state index is 0.781. The largest absolute Gasteiger partial charge is 0.0654 e. The molecule has 2 aromatic rings. The fraction of sp³-hybridized carbons (Fsp3) is 0.400. The number of rotatable bonds is 3. The molecule has 0 radical (unpaired) electrons. The van der Waals surface area contributed by atoms with Gasteiger partial charge in [0.25, 0.3) is 0 Å². The van der Waals surface area contributed by atoms with Crippen LogP contribution in [0.3, 0.4) is 0 Å². The van der Waals surface area contributed by atoms with E-state index in [1.807, 2.05) is 0 Å². The van der Waals surface area contributed by atoms with E-state index in [0.717, 1.165) is 17.8 Å². The topological polar surface area (TPSA) is 0 Å². The monoisotopic (exact) mass is 262 g/mol. The van der Waals surface area contributed by atoms with Crippen molar-refractivity contribution in [2.75, 3.05) is 0 Å². The van der Waals surface area contributed by atoms with Gasteiger partial charge in [-0.1, -0.05) is 68.3 Å². The van der Waals surface area contributed by atoms with Crippen molar-refractivity contribution in [3.8, 4) is 11.1 Å². The lowest BCUT2D eigenvalue weighted by Gasteiger charge is -2.19. The fourth-order valence-corrected chi connectivity index (χ4v) is 4.17. The second-order valence-corrected chi connectivity index (χ2v) is 6.43. The molecule has 3 atom stereocenters. The molecular formula is C20H22. The average molecular weight is 262 g/mol. The first-order chi connectivity index (χ1) is 9.90. The fourth-order valence-electron chi connectivity index (χ4n) is 4.17. The summed E-state index contributed by atoms with van der Waals surface area (Å²) in [5, 5.41) is 0. The highest BCUT2D eigenvalue weighted by Gasteiger charge is 2.47. The van der Waals surface area contributed by atoms with Crippen LogP contribution in [-0.2, 0) is 0 Å². The van der Waals surface area contributed by atoms with Gasteiger partial charge in [0.05, 0.1) is 0 Å². The zero-order valence-electron chi connectivity index (χ0n) is 12.2. The van der Waals surface area contributed by atoms with Crippen LogP contribution < -0.4 is 0 Å². The molecule has 0 spiro atoms. The van der Waals surface area contributed by atoms with Gasteiger partial charge in [-0.3, -0.25) is 0 Å². The van der Waals surface area contributed by atoms with Gasteiger partial charge in [0.1, 0.15) is 0 Å². The van der Waals surface area contributed by atoms with Crippen LogP contribution in [0, 0.1) is 5.92 Å². The highest BCUT2D eigenvalue weighted by Crippen LogP contribution is 2.61. The van der Waals surface area contributed by atoms with Gasteiger partial charge in [-0.15, -0.1) is 0 Å². The Morgan fingerprint density at radius 1 is 0.900 bits per heavy atom. The first-order valence-electron chi connectivity index (χ1n) is 8.08. The summed E-state index contributed by atoms with van der Waals surface area (Å²) in [5.41, 5.74) is 6.20. The number of benzene rings is 2. The summed E-state index contributed by atoms with van der Waals surface area (Å²) in [6.07, 6.45) is 5.43. The zero-order valence-corrected chi connectivity index (χ0v) is 12.2. The standard InChI is InChI=1S/C20H22/c1-2-3-8-17-15-10-5-4-9-14(15)16-11-6-7-12-18(16)20-13-19(17)20/h4-7,9-12,17,19-20H,2-3,8,13H2,1H3. The van der Waals surface area contributed by atoms with Gasteiger partial charge in [0, 0.05) is 0 Å². The molecule has 0 heterocycles. The Labute approximate surface area is 121 Å². The van der Waals surface area contributed by atoms with Gasteiger partial charge in [-0.2, -0.15) is 0 Å². The van der Waals surface area contributed by atoms with Crippen LogP contribution >= 0.6 is 0 Å². The van der Waals surface area contributed by atoms with Crippen LogP contribution in [0.5, 0.6) is 0 Å². The van der Waals surface area contributed by atoms with E-state index in [1.165, 1.54) is 36.8 Å². The summed E-state index contributed by atoms with van der Waals surface area (Å²) < 4.78 is 0. The van der Waals surface area contributed by atoms with E-state index in [1.54, 1.807) is 11.1 Å². The van der Waals surface area contributed by atoms with E-state index in [9.17, 15) is 0 Å². The minimum absolute atomic E-state index is 0.781. The van der Waals surface area contributed by atoms with Crippen LogP contribution in [0.2, 0.25) is 0 Å². The van der Waals surface area contributed by atoms with Crippen molar-refractivity contribution in [2.45, 2.75) is 44.4 Å². The number of fused-ring (bicyclic) bond motifs is 5. The molecular weight excluding hydrogens is 240 g/mol. The Morgan fingerprint density at radius 2 is 1.55 bits per heavy atom. The molecule has 102 valence electrons. The quantitative estimate of drug-likeness (QED) is 0.661. The summed E-state index contributed by atoms with van der Waals surface area (Å²) in [7, 11) is 0. The van der Waals surface area contributed by atoms with Crippen LogP contribution in [0.4, 0.5) is 0 Å². The van der Waals surface area contributed by atoms with Crippen LogP contribution in [0.15, 0.2) is 48.5 Å². The van der Waals surface area contributed by atoms with Crippen molar-refractivity contribution in [3.05, 3.63) is 59.7 Å². The molecule has 0 nitrogen and oxygen atoms in total. The first kappa shape index (κ1) is 12.2. The summed E-state index contributed by atoms with van der Waals surface area (Å²) in [4.78, 5) is 0. The van der Waals surface area contributed by atoms with Gasteiger partial charge in [0.15, 0.2) is 0 Å². The van der Waals surface area contributed by atoms with Gasteiger partial charge >= 0.3 is 0 Å². The third kappa shape index (κ3) is 1.82. The van der Waals surface area contributed by atoms with Crippen LogP contribution in [0.1, 0.15) is 55.6 Å². The molecule has 0 aromatic heterocycles. The Kier molecular flexibility index (Phi) is 2.91. The van der Waals surface area contributed by atoms with Crippen molar-refractivity contribution in [1.82, 2.24) is 0 Å². The second kappa shape index (κ2) is 4.77. The van der Waals surface area contributed by atoms with E-state index >= 15 is 0 Å². The lowest BCUT2D eigenvalue weighted by atomic mass is 9.86. The van der Waals surface area contributed by atoms with Gasteiger partial charge in [-0.05, 0) is 52.8 Å². The van der Waals surface area contributed by atoms with E-state index in [0.29, 0.717) is 0 Å². The Morgan fingerprint density at radius 3 is 2.30 bits per heavy atom. The molecule has 2 aliphatic rings. The highest BCUT2D eigenvalue weighted by molar-refractivity contribution is 5.74. The molecule has 0 N–H and O–H groups in total. The molecule has 1 fully saturated rings. The third-order valence-electron chi connectivity index (χ3n) is 5.24. The van der Waals surface area contributed by atoms with Crippen molar-refractivity contribution in [3.63, 3.8) is 0 Å². The lowest BCUT2D eigenvalue weighted by Crippen LogP contribution is -2.02. The predicted octanol–water partition coefficient (Wildman–Crippen LogP) is 5.74.